The number of anilines is 1. The van der Waals surface area contributed by atoms with Gasteiger partial charge in [0, 0.05) is 24.5 Å². The van der Waals surface area contributed by atoms with Gasteiger partial charge in [0.05, 0.1) is 10.6 Å². The van der Waals surface area contributed by atoms with Crippen molar-refractivity contribution in [3.63, 3.8) is 0 Å². The van der Waals surface area contributed by atoms with Crippen molar-refractivity contribution >= 4 is 15.7 Å². The van der Waals surface area contributed by atoms with Gasteiger partial charge in [0.25, 0.3) is 16.2 Å². The Morgan fingerprint density at radius 2 is 2.08 bits per heavy atom. The highest BCUT2D eigenvalue weighted by molar-refractivity contribution is 7.89. The van der Waals surface area contributed by atoms with E-state index in [2.05, 4.69) is 20.3 Å². The van der Waals surface area contributed by atoms with Gasteiger partial charge in [-0.3, -0.25) is 19.8 Å². The second kappa shape index (κ2) is 8.15. The van der Waals surface area contributed by atoms with Crippen LogP contribution >= 0.6 is 0 Å². The SMILES string of the molecule is CC(C)NC(=C[N+](=O)[O-])NS(=O)(=O)c1cnccc1NC1CCCC1. The van der Waals surface area contributed by atoms with Gasteiger partial charge in [-0.05, 0) is 32.8 Å². The number of nitro groups is 1. The van der Waals surface area contributed by atoms with Crippen LogP contribution in [0.25, 0.3) is 0 Å². The van der Waals surface area contributed by atoms with E-state index in [4.69, 9.17) is 0 Å². The normalized spacial score (nSPS) is 16.0. The molecule has 0 atom stereocenters. The standard InChI is InChI=1S/C15H23N5O4S/c1-11(2)17-15(10-20(21)22)19-25(23,24)14-9-16-8-7-13(14)18-12-5-3-4-6-12/h7-12,17,19H,3-6H2,1-2H3,(H,16,18). The van der Waals surface area contributed by atoms with E-state index in [1.165, 1.54) is 12.4 Å². The van der Waals surface area contributed by atoms with Gasteiger partial charge in [0.2, 0.25) is 0 Å². The molecule has 9 nitrogen and oxygen atoms in total. The number of nitrogens with zero attached hydrogens (tertiary/aromatic N) is 2. The quantitative estimate of drug-likeness (QED) is 0.471. The number of rotatable bonds is 8. The first-order chi connectivity index (χ1) is 11.8. The van der Waals surface area contributed by atoms with E-state index in [-0.39, 0.29) is 22.8 Å². The molecule has 10 heteroatoms. The molecule has 1 saturated carbocycles. The van der Waals surface area contributed by atoms with Crippen molar-refractivity contribution in [1.29, 1.82) is 0 Å². The van der Waals surface area contributed by atoms with Gasteiger partial charge in [-0.25, -0.2) is 8.42 Å². The first kappa shape index (κ1) is 19.0. The molecular weight excluding hydrogens is 346 g/mol. The highest BCUT2D eigenvalue weighted by atomic mass is 32.2. The van der Waals surface area contributed by atoms with Crippen LogP contribution in [-0.4, -0.2) is 30.4 Å². The summed E-state index contributed by atoms with van der Waals surface area (Å²) in [6.45, 7) is 3.50. The Morgan fingerprint density at radius 1 is 1.40 bits per heavy atom. The Balaban J connectivity index is 2.27. The van der Waals surface area contributed by atoms with E-state index in [9.17, 15) is 18.5 Å². The van der Waals surface area contributed by atoms with Crippen LogP contribution in [0.2, 0.25) is 0 Å². The lowest BCUT2D eigenvalue weighted by Gasteiger charge is -2.18. The molecule has 1 heterocycles. The van der Waals surface area contributed by atoms with Crippen molar-refractivity contribution in [2.45, 2.75) is 56.5 Å². The van der Waals surface area contributed by atoms with Crippen molar-refractivity contribution in [3.05, 3.63) is 40.6 Å². The maximum absolute atomic E-state index is 12.7. The fourth-order valence-corrected chi connectivity index (χ4v) is 3.84. The average Bonchev–Trinajstić information content (AvgIpc) is 2.98. The van der Waals surface area contributed by atoms with Crippen LogP contribution in [-0.2, 0) is 10.0 Å². The third kappa shape index (κ3) is 5.59. The van der Waals surface area contributed by atoms with Crippen LogP contribution < -0.4 is 15.4 Å². The number of sulfonamides is 1. The zero-order chi connectivity index (χ0) is 18.4. The van der Waals surface area contributed by atoms with Gasteiger partial charge >= 0.3 is 0 Å². The van der Waals surface area contributed by atoms with Crippen molar-refractivity contribution in [3.8, 4) is 0 Å². The molecule has 138 valence electrons. The summed E-state index contributed by atoms with van der Waals surface area (Å²) in [5.74, 6) is -0.198. The molecule has 0 spiro atoms. The molecule has 2 rings (SSSR count). The maximum atomic E-state index is 12.7. The van der Waals surface area contributed by atoms with Gasteiger partial charge < -0.3 is 10.6 Å². The Labute approximate surface area is 147 Å². The largest absolute Gasteiger partial charge is 0.381 e. The van der Waals surface area contributed by atoms with Crippen LogP contribution in [0.1, 0.15) is 39.5 Å². The van der Waals surface area contributed by atoms with E-state index in [0.29, 0.717) is 11.9 Å². The summed E-state index contributed by atoms with van der Waals surface area (Å²) in [4.78, 5) is 13.9. The van der Waals surface area contributed by atoms with Gasteiger partial charge in [-0.2, -0.15) is 0 Å². The maximum Gasteiger partial charge on any atom is 0.275 e. The zero-order valence-electron chi connectivity index (χ0n) is 14.2. The average molecular weight is 369 g/mol. The monoisotopic (exact) mass is 369 g/mol. The Morgan fingerprint density at radius 3 is 2.68 bits per heavy atom. The van der Waals surface area contributed by atoms with Crippen molar-refractivity contribution in [2.24, 2.45) is 0 Å². The van der Waals surface area contributed by atoms with Crippen LogP contribution in [0.4, 0.5) is 5.69 Å². The molecule has 1 aromatic heterocycles. The highest BCUT2D eigenvalue weighted by Crippen LogP contribution is 2.26. The van der Waals surface area contributed by atoms with Gasteiger partial charge in [-0.15, -0.1) is 0 Å². The molecule has 3 N–H and O–H groups in total. The summed E-state index contributed by atoms with van der Waals surface area (Å²) in [5, 5.41) is 16.7. The predicted octanol–water partition coefficient (Wildman–Crippen LogP) is 1.79. The van der Waals surface area contributed by atoms with Crippen LogP contribution in [0.3, 0.4) is 0 Å². The van der Waals surface area contributed by atoms with Gasteiger partial charge in [0.15, 0.2) is 5.82 Å². The summed E-state index contributed by atoms with van der Waals surface area (Å²) in [5.41, 5.74) is 0.444. The van der Waals surface area contributed by atoms with Crippen molar-refractivity contribution in [1.82, 2.24) is 15.0 Å². The molecule has 0 bridgehead atoms. The van der Waals surface area contributed by atoms with Crippen LogP contribution in [0.15, 0.2) is 35.4 Å². The van der Waals surface area contributed by atoms with Gasteiger partial charge in [0.1, 0.15) is 4.90 Å². The summed E-state index contributed by atoms with van der Waals surface area (Å²) in [7, 11) is -4.03. The Hall–Kier alpha value is -2.36. The molecule has 1 aliphatic rings. The highest BCUT2D eigenvalue weighted by Gasteiger charge is 2.24. The molecule has 0 aromatic carbocycles. The number of nitrogens with one attached hydrogen (secondary N) is 3. The third-order valence-electron chi connectivity index (χ3n) is 3.71. The van der Waals surface area contributed by atoms with Gasteiger partial charge in [-0.1, -0.05) is 12.8 Å². The molecule has 25 heavy (non-hydrogen) atoms. The fourth-order valence-electron chi connectivity index (χ4n) is 2.71. The summed E-state index contributed by atoms with van der Waals surface area (Å²) in [6.07, 6.45) is 7.52. The van der Waals surface area contributed by atoms with E-state index in [0.717, 1.165) is 25.7 Å². The molecular formula is C15H23N5O4S. The third-order valence-corrected chi connectivity index (χ3v) is 5.10. The predicted molar refractivity (Wildman–Crippen MR) is 93.8 cm³/mol. The van der Waals surface area contributed by atoms with Crippen LogP contribution in [0.5, 0.6) is 0 Å². The van der Waals surface area contributed by atoms with E-state index in [1.54, 1.807) is 19.9 Å². The summed E-state index contributed by atoms with van der Waals surface area (Å²) in [6, 6.07) is 1.64. The molecule has 0 aliphatic heterocycles. The lowest BCUT2D eigenvalue weighted by Crippen LogP contribution is -2.36. The molecule has 0 radical (unpaired) electrons. The second-order valence-corrected chi connectivity index (χ2v) is 7.88. The molecule has 0 unspecified atom stereocenters. The minimum absolute atomic E-state index is 0.0401. The number of aromatic nitrogens is 1. The topological polar surface area (TPSA) is 126 Å². The first-order valence-electron chi connectivity index (χ1n) is 8.13. The van der Waals surface area contributed by atoms with Crippen LogP contribution in [0, 0.1) is 10.1 Å². The second-order valence-electron chi connectivity index (χ2n) is 6.23. The molecule has 0 amide bonds. The Kier molecular flexibility index (Phi) is 6.18. The van der Waals surface area contributed by atoms with E-state index >= 15 is 0 Å². The Bertz CT molecular complexity index is 742. The van der Waals surface area contributed by atoms with E-state index < -0.39 is 14.9 Å². The minimum Gasteiger partial charge on any atom is -0.381 e. The summed E-state index contributed by atoms with van der Waals surface area (Å²) >= 11 is 0. The molecule has 0 saturated heterocycles. The first-order valence-corrected chi connectivity index (χ1v) is 9.61. The van der Waals surface area contributed by atoms with Crippen molar-refractivity contribution < 1.29 is 13.3 Å². The lowest BCUT2D eigenvalue weighted by molar-refractivity contribution is -0.404. The number of hydrogen-bond acceptors (Lipinski definition) is 7. The van der Waals surface area contributed by atoms with E-state index in [1.807, 2.05) is 0 Å². The fraction of sp³-hybridized carbons (Fsp3) is 0.533. The zero-order valence-corrected chi connectivity index (χ0v) is 15.0. The molecule has 1 aliphatic carbocycles. The number of pyridine rings is 1. The minimum atomic E-state index is -4.03. The number of hydrogen-bond donors (Lipinski definition) is 3. The molecule has 1 aromatic rings. The van der Waals surface area contributed by atoms with Crippen molar-refractivity contribution in [2.75, 3.05) is 5.32 Å². The molecule has 1 fully saturated rings. The lowest BCUT2D eigenvalue weighted by atomic mass is 10.2. The smallest absolute Gasteiger partial charge is 0.275 e. The summed E-state index contributed by atoms with van der Waals surface area (Å²) < 4.78 is 27.6.